The molecule has 0 heterocycles. The monoisotopic (exact) mass is 292 g/mol. The fraction of sp³-hybridized carbons (Fsp3) is 0.909. The Morgan fingerprint density at radius 2 is 2.05 bits per heavy atom. The molecule has 0 bridgehead atoms. The largest absolute Gasteiger partial charge is 0.409 e. The van der Waals surface area contributed by atoms with E-state index in [0.717, 1.165) is 25.6 Å². The Labute approximate surface area is 114 Å². The second kappa shape index (κ2) is 5.64. The van der Waals surface area contributed by atoms with E-state index in [0.29, 0.717) is 13.0 Å². The summed E-state index contributed by atoms with van der Waals surface area (Å²) < 4.78 is 25.0. The van der Waals surface area contributed by atoms with Gasteiger partial charge in [-0.3, -0.25) is 0 Å². The lowest BCUT2D eigenvalue weighted by molar-refractivity contribution is 0.313. The highest BCUT2D eigenvalue weighted by Gasteiger charge is 2.43. The van der Waals surface area contributed by atoms with E-state index in [1.165, 1.54) is 0 Å². The van der Waals surface area contributed by atoms with Gasteiger partial charge in [0.25, 0.3) is 0 Å². The van der Waals surface area contributed by atoms with Gasteiger partial charge in [-0.25, -0.2) is 13.1 Å². The first-order chi connectivity index (χ1) is 8.58. The van der Waals surface area contributed by atoms with Crippen LogP contribution in [0.5, 0.6) is 0 Å². The molecule has 0 spiro atoms. The van der Waals surface area contributed by atoms with Gasteiger partial charge in [0.1, 0.15) is 5.84 Å². The van der Waals surface area contributed by atoms with Crippen molar-refractivity contribution >= 4 is 15.9 Å². The molecule has 8 heteroatoms. The van der Waals surface area contributed by atoms with Crippen LogP contribution in [0.2, 0.25) is 0 Å². The van der Waals surface area contributed by atoms with Gasteiger partial charge < -0.3 is 16.3 Å². The highest BCUT2D eigenvalue weighted by Crippen LogP contribution is 2.48. The molecule has 0 aromatic heterocycles. The lowest BCUT2D eigenvalue weighted by atomic mass is 10.0. The van der Waals surface area contributed by atoms with Gasteiger partial charge in [0.05, 0.1) is 6.26 Å². The summed E-state index contributed by atoms with van der Waals surface area (Å²) in [6.07, 6.45) is 3.79. The Hall–Kier alpha value is -0.860. The summed E-state index contributed by atoms with van der Waals surface area (Å²) in [7, 11) is -3.22. The van der Waals surface area contributed by atoms with Crippen LogP contribution in [0.1, 0.15) is 33.1 Å². The van der Waals surface area contributed by atoms with Crippen molar-refractivity contribution < 1.29 is 13.6 Å². The maximum Gasteiger partial charge on any atom is 0.209 e. The van der Waals surface area contributed by atoms with Crippen LogP contribution in [0.3, 0.4) is 0 Å². The third-order valence-electron chi connectivity index (χ3n) is 3.17. The molecule has 1 saturated carbocycles. The van der Waals surface area contributed by atoms with E-state index in [1.54, 1.807) is 0 Å². The summed E-state index contributed by atoms with van der Waals surface area (Å²) in [5, 5.41) is 14.8. The molecule has 1 fully saturated rings. The molecular formula is C11H24N4O3S. The molecule has 112 valence electrons. The summed E-state index contributed by atoms with van der Waals surface area (Å²) in [5.41, 5.74) is 5.05. The molecular weight excluding hydrogens is 268 g/mol. The molecule has 0 unspecified atom stereocenters. The summed E-state index contributed by atoms with van der Waals surface area (Å²) >= 11 is 0. The maximum atomic E-state index is 11.2. The Morgan fingerprint density at radius 3 is 2.47 bits per heavy atom. The van der Waals surface area contributed by atoms with Gasteiger partial charge in [-0.15, -0.1) is 0 Å². The number of oxime groups is 1. The van der Waals surface area contributed by atoms with Crippen LogP contribution in [0, 0.1) is 5.41 Å². The van der Waals surface area contributed by atoms with Gasteiger partial charge in [0.2, 0.25) is 10.0 Å². The second-order valence-corrected chi connectivity index (χ2v) is 7.88. The van der Waals surface area contributed by atoms with E-state index < -0.39 is 15.6 Å². The smallest absolute Gasteiger partial charge is 0.209 e. The van der Waals surface area contributed by atoms with E-state index in [1.807, 2.05) is 13.8 Å². The molecule has 0 radical (unpaired) electrons. The zero-order valence-corrected chi connectivity index (χ0v) is 12.5. The van der Waals surface area contributed by atoms with Crippen molar-refractivity contribution in [3.63, 3.8) is 0 Å². The molecule has 0 atom stereocenters. The van der Waals surface area contributed by atoms with Crippen LogP contribution in [-0.2, 0) is 10.0 Å². The molecule has 0 aliphatic heterocycles. The molecule has 0 aromatic rings. The Balaban J connectivity index is 2.38. The first-order valence-electron chi connectivity index (χ1n) is 6.24. The van der Waals surface area contributed by atoms with Crippen molar-refractivity contribution in [3.8, 4) is 0 Å². The minimum atomic E-state index is -3.22. The third-order valence-corrected chi connectivity index (χ3v) is 4.09. The van der Waals surface area contributed by atoms with Gasteiger partial charge in [-0.1, -0.05) is 5.16 Å². The van der Waals surface area contributed by atoms with E-state index >= 15 is 0 Å². The number of hydrogen-bond acceptors (Lipinski definition) is 5. The van der Waals surface area contributed by atoms with Crippen molar-refractivity contribution in [3.05, 3.63) is 0 Å². The summed E-state index contributed by atoms with van der Waals surface area (Å²) in [6, 6.07) is 0. The van der Waals surface area contributed by atoms with E-state index in [4.69, 9.17) is 10.9 Å². The average molecular weight is 292 g/mol. The minimum Gasteiger partial charge on any atom is -0.409 e. The first kappa shape index (κ1) is 16.2. The molecule has 7 nitrogen and oxygen atoms in total. The summed E-state index contributed by atoms with van der Waals surface area (Å²) in [6.45, 7) is 4.91. The van der Waals surface area contributed by atoms with Crippen LogP contribution in [0.4, 0.5) is 0 Å². The van der Waals surface area contributed by atoms with Gasteiger partial charge >= 0.3 is 0 Å². The zero-order chi connectivity index (χ0) is 14.7. The maximum absolute atomic E-state index is 11.2. The molecule has 1 aliphatic carbocycles. The van der Waals surface area contributed by atoms with Gasteiger partial charge in [0, 0.05) is 25.0 Å². The van der Waals surface area contributed by atoms with Gasteiger partial charge in [-0.2, -0.15) is 0 Å². The number of sulfonamides is 1. The molecule has 0 amide bonds. The van der Waals surface area contributed by atoms with Crippen LogP contribution < -0.4 is 15.8 Å². The normalized spacial score (nSPS) is 19.4. The number of nitrogens with two attached hydrogens (primary N) is 1. The van der Waals surface area contributed by atoms with Gasteiger partial charge in [0.15, 0.2) is 0 Å². The Morgan fingerprint density at radius 1 is 1.47 bits per heavy atom. The highest BCUT2D eigenvalue weighted by molar-refractivity contribution is 7.88. The average Bonchev–Trinajstić information content (AvgIpc) is 2.93. The molecule has 1 rings (SSSR count). The first-order valence-corrected chi connectivity index (χ1v) is 8.13. The zero-order valence-electron chi connectivity index (χ0n) is 11.7. The van der Waals surface area contributed by atoms with E-state index in [2.05, 4.69) is 15.2 Å². The minimum absolute atomic E-state index is 0.0669. The number of rotatable bonds is 8. The van der Waals surface area contributed by atoms with Crippen LogP contribution in [-0.4, -0.2) is 44.3 Å². The van der Waals surface area contributed by atoms with Crippen molar-refractivity contribution in [2.24, 2.45) is 16.3 Å². The second-order valence-electron chi connectivity index (χ2n) is 6.13. The SMILES string of the molecule is CC(C)(CNCC1(CC(N)=NO)CC1)NS(C)(=O)=O. The molecule has 1 aliphatic rings. The molecule has 0 aromatic carbocycles. The van der Waals surface area contributed by atoms with Crippen molar-refractivity contribution in [1.82, 2.24) is 10.0 Å². The topological polar surface area (TPSA) is 117 Å². The highest BCUT2D eigenvalue weighted by atomic mass is 32.2. The number of nitrogens with one attached hydrogen (secondary N) is 2. The number of nitrogens with zero attached hydrogens (tertiary/aromatic N) is 1. The number of amidine groups is 1. The van der Waals surface area contributed by atoms with Gasteiger partial charge in [-0.05, 0) is 32.1 Å². The molecule has 19 heavy (non-hydrogen) atoms. The lowest BCUT2D eigenvalue weighted by Crippen LogP contribution is -2.50. The molecule has 0 saturated heterocycles. The third kappa shape index (κ3) is 6.22. The predicted molar refractivity (Wildman–Crippen MR) is 74.6 cm³/mol. The van der Waals surface area contributed by atoms with Crippen LogP contribution in [0.15, 0.2) is 5.16 Å². The quantitative estimate of drug-likeness (QED) is 0.214. The molecule has 5 N–H and O–H groups in total. The Bertz CT molecular complexity index is 441. The number of hydrogen-bond donors (Lipinski definition) is 4. The van der Waals surface area contributed by atoms with Crippen molar-refractivity contribution in [1.29, 1.82) is 0 Å². The van der Waals surface area contributed by atoms with E-state index in [9.17, 15) is 8.42 Å². The van der Waals surface area contributed by atoms with E-state index in [-0.39, 0.29) is 11.3 Å². The van der Waals surface area contributed by atoms with Crippen LogP contribution >= 0.6 is 0 Å². The summed E-state index contributed by atoms with van der Waals surface area (Å²) in [5.74, 6) is 0.243. The summed E-state index contributed by atoms with van der Waals surface area (Å²) in [4.78, 5) is 0. The van der Waals surface area contributed by atoms with Crippen molar-refractivity contribution in [2.75, 3.05) is 19.3 Å². The fourth-order valence-corrected chi connectivity index (χ4v) is 3.27. The standard InChI is InChI=1S/C11H24N4O3S/c1-10(2,15-19(3,17)18)7-13-8-11(4-5-11)6-9(12)14-16/h13,15-16H,4-8H2,1-3H3,(H2,12,14). The Kier molecular flexibility index (Phi) is 4.81. The lowest BCUT2D eigenvalue weighted by Gasteiger charge is -2.26. The predicted octanol–water partition coefficient (Wildman–Crippen LogP) is -0.179. The van der Waals surface area contributed by atoms with Crippen LogP contribution in [0.25, 0.3) is 0 Å². The van der Waals surface area contributed by atoms with Crippen molar-refractivity contribution in [2.45, 2.75) is 38.6 Å². The fourth-order valence-electron chi connectivity index (χ4n) is 2.19.